The molecule has 0 aliphatic carbocycles. The van der Waals surface area contributed by atoms with Crippen LogP contribution in [0.1, 0.15) is 11.3 Å². The molecule has 0 spiro atoms. The number of halogens is 3. The lowest BCUT2D eigenvalue weighted by Crippen LogP contribution is -2.32. The maximum Gasteiger partial charge on any atom is 0.421 e. The van der Waals surface area contributed by atoms with Crippen molar-refractivity contribution in [1.29, 1.82) is 0 Å². The molecule has 0 radical (unpaired) electrons. The highest BCUT2D eigenvalue weighted by Gasteiger charge is 2.34. The molecule has 2 rings (SSSR count). The van der Waals surface area contributed by atoms with Crippen LogP contribution in [0.5, 0.6) is 0 Å². The summed E-state index contributed by atoms with van der Waals surface area (Å²) in [6, 6.07) is 3.29. The van der Waals surface area contributed by atoms with Crippen LogP contribution in [0.4, 0.5) is 19.0 Å². The van der Waals surface area contributed by atoms with Gasteiger partial charge in [-0.15, -0.1) is 0 Å². The first-order valence-corrected chi connectivity index (χ1v) is 5.86. The molecule has 6 nitrogen and oxygen atoms in total. The van der Waals surface area contributed by atoms with Gasteiger partial charge in [0.25, 0.3) is 5.56 Å². The molecular formula is C12H11F3N4O2. The first-order chi connectivity index (χ1) is 9.77. The number of aromatic amines is 1. The van der Waals surface area contributed by atoms with Gasteiger partial charge in [-0.3, -0.25) is 14.7 Å². The lowest BCUT2D eigenvalue weighted by Gasteiger charge is -2.09. The molecule has 1 amide bonds. The number of alkyl halides is 3. The smallest absolute Gasteiger partial charge is 0.308 e. The lowest BCUT2D eigenvalue weighted by atomic mass is 10.2. The number of carbonyl (C=O) groups is 1. The van der Waals surface area contributed by atoms with Crippen molar-refractivity contribution < 1.29 is 18.0 Å². The van der Waals surface area contributed by atoms with Gasteiger partial charge in [0, 0.05) is 18.0 Å². The predicted octanol–water partition coefficient (Wildman–Crippen LogP) is 1.54. The Labute approximate surface area is 116 Å². The van der Waals surface area contributed by atoms with Gasteiger partial charge in [0.1, 0.15) is 12.1 Å². The highest BCUT2D eigenvalue weighted by Crippen LogP contribution is 2.25. The Morgan fingerprint density at radius 2 is 2.19 bits per heavy atom. The fraction of sp³-hybridized carbons (Fsp3) is 0.250. The molecule has 2 aromatic heterocycles. The molecule has 0 bridgehead atoms. The molecule has 21 heavy (non-hydrogen) atoms. The van der Waals surface area contributed by atoms with Crippen molar-refractivity contribution in [2.45, 2.75) is 19.6 Å². The largest absolute Gasteiger partial charge is 0.421 e. The molecule has 0 aromatic carbocycles. The minimum atomic E-state index is -4.75. The summed E-state index contributed by atoms with van der Waals surface area (Å²) in [5.74, 6) is -0.416. The van der Waals surface area contributed by atoms with E-state index in [4.69, 9.17) is 0 Å². The number of pyridine rings is 1. The Balaban J connectivity index is 2.16. The van der Waals surface area contributed by atoms with Crippen molar-refractivity contribution in [1.82, 2.24) is 14.8 Å². The number of nitrogens with one attached hydrogen (secondary N) is 2. The average molecular weight is 300 g/mol. The van der Waals surface area contributed by atoms with Gasteiger partial charge >= 0.3 is 6.18 Å². The summed E-state index contributed by atoms with van der Waals surface area (Å²) < 4.78 is 38.5. The standard InChI is InChI=1S/C12H11F3N4O2/c1-7-5-9(18-17-7)16-10(20)6-19-4-2-3-8(11(19)21)12(13,14)15/h2-5H,6H2,1H3,(H2,16,17,18,20). The van der Waals surface area contributed by atoms with Gasteiger partial charge in [-0.2, -0.15) is 18.3 Å². The molecule has 0 aliphatic heterocycles. The van der Waals surface area contributed by atoms with Crippen LogP contribution in [0.2, 0.25) is 0 Å². The van der Waals surface area contributed by atoms with Crippen molar-refractivity contribution >= 4 is 11.7 Å². The van der Waals surface area contributed by atoms with Crippen molar-refractivity contribution in [3.05, 3.63) is 46.0 Å². The Kier molecular flexibility index (Phi) is 3.83. The lowest BCUT2D eigenvalue weighted by molar-refractivity contribution is -0.139. The zero-order valence-corrected chi connectivity index (χ0v) is 10.9. The normalized spacial score (nSPS) is 11.4. The van der Waals surface area contributed by atoms with E-state index < -0.39 is 29.8 Å². The van der Waals surface area contributed by atoms with Gasteiger partial charge in [-0.05, 0) is 19.1 Å². The maximum absolute atomic E-state index is 12.6. The summed E-state index contributed by atoms with van der Waals surface area (Å²) in [7, 11) is 0. The highest BCUT2D eigenvalue weighted by molar-refractivity contribution is 5.89. The van der Waals surface area contributed by atoms with Crippen LogP contribution in [0.25, 0.3) is 0 Å². The van der Waals surface area contributed by atoms with E-state index in [2.05, 4.69) is 15.5 Å². The van der Waals surface area contributed by atoms with Crippen LogP contribution >= 0.6 is 0 Å². The Morgan fingerprint density at radius 1 is 1.48 bits per heavy atom. The number of anilines is 1. The van der Waals surface area contributed by atoms with Crippen molar-refractivity contribution in [3.8, 4) is 0 Å². The second-order valence-electron chi connectivity index (χ2n) is 4.34. The molecule has 0 atom stereocenters. The van der Waals surface area contributed by atoms with Crippen LogP contribution in [0.3, 0.4) is 0 Å². The molecule has 0 fully saturated rings. The van der Waals surface area contributed by atoms with E-state index in [0.29, 0.717) is 16.3 Å². The quantitative estimate of drug-likeness (QED) is 0.902. The fourth-order valence-corrected chi connectivity index (χ4v) is 1.70. The molecule has 2 aromatic rings. The van der Waals surface area contributed by atoms with Crippen LogP contribution in [0.15, 0.2) is 29.2 Å². The minimum Gasteiger partial charge on any atom is -0.308 e. The predicted molar refractivity (Wildman–Crippen MR) is 67.7 cm³/mol. The summed E-state index contributed by atoms with van der Waals surface area (Å²) in [5, 5.41) is 8.72. The molecule has 0 saturated carbocycles. The van der Waals surface area contributed by atoms with Gasteiger partial charge in [0.2, 0.25) is 5.91 Å². The van der Waals surface area contributed by atoms with E-state index in [1.807, 2.05) is 0 Å². The van der Waals surface area contributed by atoms with Gasteiger partial charge in [-0.25, -0.2) is 0 Å². The summed E-state index contributed by atoms with van der Waals surface area (Å²) in [6.45, 7) is 1.19. The number of rotatable bonds is 3. The van der Waals surface area contributed by atoms with Gasteiger partial charge in [-0.1, -0.05) is 0 Å². The number of aryl methyl sites for hydroxylation is 1. The first kappa shape index (κ1) is 14.8. The second kappa shape index (κ2) is 5.43. The zero-order chi connectivity index (χ0) is 15.6. The summed E-state index contributed by atoms with van der Waals surface area (Å²) in [6.07, 6.45) is -3.64. The van der Waals surface area contributed by atoms with Crippen LogP contribution in [0, 0.1) is 6.92 Å². The molecule has 2 N–H and O–H groups in total. The van der Waals surface area contributed by atoms with E-state index in [0.717, 1.165) is 12.3 Å². The SMILES string of the molecule is Cc1cc(NC(=O)Cn2cccc(C(F)(F)F)c2=O)n[nH]1. The van der Waals surface area contributed by atoms with Gasteiger partial charge in [0.05, 0.1) is 0 Å². The monoisotopic (exact) mass is 300 g/mol. The van der Waals surface area contributed by atoms with Crippen molar-refractivity contribution in [2.24, 2.45) is 0 Å². The average Bonchev–Trinajstić information content (AvgIpc) is 2.75. The topological polar surface area (TPSA) is 79.8 Å². The van der Waals surface area contributed by atoms with Crippen molar-refractivity contribution in [2.75, 3.05) is 5.32 Å². The van der Waals surface area contributed by atoms with Crippen LogP contribution < -0.4 is 10.9 Å². The third-order valence-electron chi connectivity index (χ3n) is 2.61. The first-order valence-electron chi connectivity index (χ1n) is 5.86. The molecule has 112 valence electrons. The van der Waals surface area contributed by atoms with E-state index in [9.17, 15) is 22.8 Å². The number of aromatic nitrogens is 3. The number of carbonyl (C=O) groups excluding carboxylic acids is 1. The molecule has 0 saturated heterocycles. The second-order valence-corrected chi connectivity index (χ2v) is 4.34. The number of H-pyrrole nitrogens is 1. The fourth-order valence-electron chi connectivity index (χ4n) is 1.70. The number of hydrogen-bond acceptors (Lipinski definition) is 3. The molecule has 0 aliphatic rings. The summed E-state index contributed by atoms with van der Waals surface area (Å²) in [5.41, 5.74) is -1.87. The van der Waals surface area contributed by atoms with E-state index in [-0.39, 0.29) is 5.82 Å². The highest BCUT2D eigenvalue weighted by atomic mass is 19.4. The summed E-state index contributed by atoms with van der Waals surface area (Å²) >= 11 is 0. The Bertz CT molecular complexity index is 718. The maximum atomic E-state index is 12.6. The number of hydrogen-bond donors (Lipinski definition) is 2. The third kappa shape index (κ3) is 3.50. The van der Waals surface area contributed by atoms with Gasteiger partial charge < -0.3 is 9.88 Å². The van der Waals surface area contributed by atoms with Gasteiger partial charge in [0.15, 0.2) is 5.82 Å². The Hall–Kier alpha value is -2.58. The zero-order valence-electron chi connectivity index (χ0n) is 10.9. The minimum absolute atomic E-state index is 0.234. The van der Waals surface area contributed by atoms with Crippen LogP contribution in [-0.4, -0.2) is 20.7 Å². The number of nitrogens with zero attached hydrogens (tertiary/aromatic N) is 2. The Morgan fingerprint density at radius 3 is 2.76 bits per heavy atom. The van der Waals surface area contributed by atoms with E-state index in [1.54, 1.807) is 13.0 Å². The van der Waals surface area contributed by atoms with E-state index in [1.165, 1.54) is 0 Å². The molecule has 2 heterocycles. The summed E-state index contributed by atoms with van der Waals surface area (Å²) in [4.78, 5) is 23.3. The van der Waals surface area contributed by atoms with Crippen molar-refractivity contribution in [3.63, 3.8) is 0 Å². The molecular weight excluding hydrogens is 289 g/mol. The number of amides is 1. The third-order valence-corrected chi connectivity index (χ3v) is 2.61. The molecule has 9 heteroatoms. The molecule has 0 unspecified atom stereocenters. The van der Waals surface area contributed by atoms with E-state index >= 15 is 0 Å². The van der Waals surface area contributed by atoms with Crippen LogP contribution in [-0.2, 0) is 17.5 Å².